The lowest BCUT2D eigenvalue weighted by molar-refractivity contribution is 1.09. The Morgan fingerprint density at radius 1 is 1.31 bits per heavy atom. The van der Waals surface area contributed by atoms with E-state index in [0.29, 0.717) is 5.82 Å². The first-order valence-electron chi connectivity index (χ1n) is 5.32. The first kappa shape index (κ1) is 14.2. The monoisotopic (exact) mass is 217 g/mol. The Kier molecular flexibility index (Phi) is 7.59. The van der Waals surface area contributed by atoms with Gasteiger partial charge in [-0.3, -0.25) is 4.99 Å². The summed E-state index contributed by atoms with van der Waals surface area (Å²) in [7, 11) is 1.71. The van der Waals surface area contributed by atoms with Gasteiger partial charge in [0.2, 0.25) is 0 Å². The summed E-state index contributed by atoms with van der Waals surface area (Å²) >= 11 is 0. The van der Waals surface area contributed by atoms with E-state index in [-0.39, 0.29) is 0 Å². The van der Waals surface area contributed by atoms with E-state index in [1.54, 1.807) is 31.7 Å². The maximum atomic E-state index is 4.20. The molecular formula is C13H19N3. The van der Waals surface area contributed by atoms with Gasteiger partial charge in [-0.05, 0) is 12.5 Å². The molecule has 0 spiro atoms. The molecule has 0 saturated carbocycles. The summed E-state index contributed by atoms with van der Waals surface area (Å²) in [6.45, 7) is 9.59. The average Bonchev–Trinajstić information content (AvgIpc) is 2.32. The Bertz CT molecular complexity index is 361. The van der Waals surface area contributed by atoms with Crippen molar-refractivity contribution in [3.63, 3.8) is 0 Å². The van der Waals surface area contributed by atoms with E-state index in [0.717, 1.165) is 11.1 Å². The fourth-order valence-corrected chi connectivity index (χ4v) is 0.983. The topological polar surface area (TPSA) is 38.1 Å². The molecule has 1 aromatic rings. The maximum Gasteiger partial charge on any atom is 0.160 e. The molecule has 3 nitrogen and oxygen atoms in total. The van der Waals surface area contributed by atoms with Crippen molar-refractivity contribution in [1.82, 2.24) is 9.97 Å². The molecule has 3 heteroatoms. The molecular weight excluding hydrogens is 198 g/mol. The zero-order valence-electron chi connectivity index (χ0n) is 10.4. The third-order valence-corrected chi connectivity index (χ3v) is 1.60. The van der Waals surface area contributed by atoms with Gasteiger partial charge in [0.25, 0.3) is 0 Å². The second kappa shape index (κ2) is 8.53. The van der Waals surface area contributed by atoms with Crippen molar-refractivity contribution in [3.05, 3.63) is 42.5 Å². The van der Waals surface area contributed by atoms with E-state index in [4.69, 9.17) is 0 Å². The summed E-state index contributed by atoms with van der Waals surface area (Å²) in [5, 5.41) is 0. The number of nitrogens with zero attached hydrogens (tertiary/aromatic N) is 3. The molecule has 0 aromatic carbocycles. The van der Waals surface area contributed by atoms with E-state index in [1.165, 1.54) is 0 Å². The van der Waals surface area contributed by atoms with Crippen molar-refractivity contribution in [2.45, 2.75) is 20.8 Å². The molecule has 0 unspecified atom stereocenters. The maximum absolute atomic E-state index is 4.20. The second-order valence-electron chi connectivity index (χ2n) is 2.83. The number of aromatic nitrogens is 2. The highest BCUT2D eigenvalue weighted by molar-refractivity contribution is 6.08. The quantitative estimate of drug-likeness (QED) is 0.576. The number of hydrogen-bond acceptors (Lipinski definition) is 3. The summed E-state index contributed by atoms with van der Waals surface area (Å²) in [5.41, 5.74) is 1.91. The van der Waals surface area contributed by atoms with E-state index >= 15 is 0 Å². The van der Waals surface area contributed by atoms with Crippen LogP contribution in [0.1, 0.15) is 25.2 Å². The van der Waals surface area contributed by atoms with Gasteiger partial charge in [-0.15, -0.1) is 0 Å². The molecule has 0 bridgehead atoms. The lowest BCUT2D eigenvalue weighted by atomic mass is 10.2. The fourth-order valence-electron chi connectivity index (χ4n) is 0.983. The molecule has 0 amide bonds. The van der Waals surface area contributed by atoms with E-state index in [1.807, 2.05) is 26.8 Å². The molecule has 1 heterocycles. The molecule has 1 aromatic heterocycles. The van der Waals surface area contributed by atoms with Crippen molar-refractivity contribution >= 4 is 11.8 Å². The molecule has 0 fully saturated rings. The second-order valence-corrected chi connectivity index (χ2v) is 2.83. The molecule has 0 aliphatic rings. The van der Waals surface area contributed by atoms with Gasteiger partial charge in [0.1, 0.15) is 0 Å². The van der Waals surface area contributed by atoms with Gasteiger partial charge in [-0.1, -0.05) is 32.6 Å². The fraction of sp³-hybridized carbons (Fsp3) is 0.308. The number of hydrogen-bond donors (Lipinski definition) is 0. The zero-order valence-corrected chi connectivity index (χ0v) is 10.4. The van der Waals surface area contributed by atoms with E-state index in [2.05, 4.69) is 21.5 Å². The van der Waals surface area contributed by atoms with E-state index < -0.39 is 0 Å². The standard InChI is InChI=1S/C11H13N3.C2H6/c1-4-5-10(8-12-3)11-13-6-9(2)7-14-11;1-2/h4-8H,1H2,2-3H3;1-2H3/b10-5+,12-8?;. The first-order chi connectivity index (χ1) is 7.77. The highest BCUT2D eigenvalue weighted by Crippen LogP contribution is 2.06. The van der Waals surface area contributed by atoms with Crippen molar-refractivity contribution in [1.29, 1.82) is 0 Å². The van der Waals surface area contributed by atoms with Crippen LogP contribution in [-0.4, -0.2) is 23.2 Å². The summed E-state index contributed by atoms with van der Waals surface area (Å²) in [6.07, 6.45) is 8.80. The van der Waals surface area contributed by atoms with Gasteiger partial charge in [-0.25, -0.2) is 9.97 Å². The van der Waals surface area contributed by atoms with Crippen LogP contribution in [0, 0.1) is 6.92 Å². The number of rotatable bonds is 3. The lowest BCUT2D eigenvalue weighted by Gasteiger charge is -1.98. The lowest BCUT2D eigenvalue weighted by Crippen LogP contribution is -1.95. The summed E-state index contributed by atoms with van der Waals surface area (Å²) in [5.74, 6) is 0.668. The highest BCUT2D eigenvalue weighted by atomic mass is 14.9. The minimum absolute atomic E-state index is 0.668. The Morgan fingerprint density at radius 2 is 1.88 bits per heavy atom. The Morgan fingerprint density at radius 3 is 2.31 bits per heavy atom. The number of aryl methyl sites for hydroxylation is 1. The van der Waals surface area contributed by atoms with E-state index in [9.17, 15) is 0 Å². The van der Waals surface area contributed by atoms with Crippen LogP contribution in [0.5, 0.6) is 0 Å². The minimum atomic E-state index is 0.668. The van der Waals surface area contributed by atoms with Gasteiger partial charge in [0, 0.05) is 31.2 Å². The molecule has 0 aliphatic heterocycles. The predicted molar refractivity (Wildman–Crippen MR) is 70.7 cm³/mol. The van der Waals surface area contributed by atoms with Crippen molar-refractivity contribution < 1.29 is 0 Å². The van der Waals surface area contributed by atoms with Crippen molar-refractivity contribution in [2.75, 3.05) is 7.05 Å². The predicted octanol–water partition coefficient (Wildman–Crippen LogP) is 3.08. The van der Waals surface area contributed by atoms with Crippen LogP contribution in [0.15, 0.2) is 36.1 Å². The Labute approximate surface area is 97.7 Å². The van der Waals surface area contributed by atoms with Gasteiger partial charge in [0.15, 0.2) is 5.82 Å². The molecule has 16 heavy (non-hydrogen) atoms. The normalized spacial score (nSPS) is 10.9. The van der Waals surface area contributed by atoms with Crippen molar-refractivity contribution in [2.24, 2.45) is 4.99 Å². The minimum Gasteiger partial charge on any atom is -0.296 e. The smallest absolute Gasteiger partial charge is 0.160 e. The van der Waals surface area contributed by atoms with Crippen molar-refractivity contribution in [3.8, 4) is 0 Å². The van der Waals surface area contributed by atoms with Crippen LogP contribution in [0.3, 0.4) is 0 Å². The molecule has 86 valence electrons. The molecule has 1 rings (SSSR count). The third-order valence-electron chi connectivity index (χ3n) is 1.60. The number of aliphatic imine (C=N–C) groups is 1. The van der Waals surface area contributed by atoms with Gasteiger partial charge < -0.3 is 0 Å². The SMILES string of the molecule is C=C/C=C(\C=NC)c1ncc(C)cn1.CC. The zero-order chi connectivity index (χ0) is 12.4. The molecule has 0 saturated heterocycles. The number of allylic oxidation sites excluding steroid dienone is 3. The molecule has 0 aliphatic carbocycles. The van der Waals surface area contributed by atoms with Crippen LogP contribution >= 0.6 is 0 Å². The average molecular weight is 217 g/mol. The Hall–Kier alpha value is -1.77. The summed E-state index contributed by atoms with van der Waals surface area (Å²) in [6, 6.07) is 0. The van der Waals surface area contributed by atoms with Crippen LogP contribution in [-0.2, 0) is 0 Å². The highest BCUT2D eigenvalue weighted by Gasteiger charge is 1.99. The molecule has 0 radical (unpaired) electrons. The molecule has 0 N–H and O–H groups in total. The summed E-state index contributed by atoms with van der Waals surface area (Å²) < 4.78 is 0. The third kappa shape index (κ3) is 4.64. The van der Waals surface area contributed by atoms with Crippen LogP contribution < -0.4 is 0 Å². The van der Waals surface area contributed by atoms with Crippen LogP contribution in [0.4, 0.5) is 0 Å². The summed E-state index contributed by atoms with van der Waals surface area (Å²) in [4.78, 5) is 12.3. The molecule has 0 atom stereocenters. The van der Waals surface area contributed by atoms with Gasteiger partial charge in [-0.2, -0.15) is 0 Å². The van der Waals surface area contributed by atoms with Gasteiger partial charge >= 0.3 is 0 Å². The Balaban J connectivity index is 0.00000106. The van der Waals surface area contributed by atoms with Gasteiger partial charge in [0.05, 0.1) is 0 Å². The first-order valence-corrected chi connectivity index (χ1v) is 5.32. The largest absolute Gasteiger partial charge is 0.296 e. The van der Waals surface area contributed by atoms with Crippen LogP contribution in [0.2, 0.25) is 0 Å². The van der Waals surface area contributed by atoms with Crippen LogP contribution in [0.25, 0.3) is 5.57 Å².